The maximum absolute atomic E-state index is 12.8. The summed E-state index contributed by atoms with van der Waals surface area (Å²) in [5.74, 6) is 0.124. The van der Waals surface area contributed by atoms with Crippen LogP contribution >= 0.6 is 0 Å². The van der Waals surface area contributed by atoms with Crippen molar-refractivity contribution >= 4 is 17.5 Å². The summed E-state index contributed by atoms with van der Waals surface area (Å²) in [5, 5.41) is 3.34. The van der Waals surface area contributed by atoms with Crippen molar-refractivity contribution in [1.82, 2.24) is 9.80 Å². The fourth-order valence-corrected chi connectivity index (χ4v) is 3.46. The Hall–Kier alpha value is -2.08. The van der Waals surface area contributed by atoms with Crippen LogP contribution in [0.5, 0.6) is 0 Å². The zero-order valence-corrected chi connectivity index (χ0v) is 14.4. The molecule has 0 aromatic heterocycles. The van der Waals surface area contributed by atoms with Gasteiger partial charge in [-0.2, -0.15) is 0 Å². The van der Waals surface area contributed by atoms with Gasteiger partial charge in [0.2, 0.25) is 11.8 Å². The lowest BCUT2D eigenvalue weighted by atomic mass is 10.1. The Bertz CT molecular complexity index is 632. The lowest BCUT2D eigenvalue weighted by molar-refractivity contribution is -0.136. The molecule has 1 saturated heterocycles. The molecule has 1 aromatic carbocycles. The first kappa shape index (κ1) is 16.8. The molecule has 1 atom stereocenters. The monoisotopic (exact) mass is 331 g/mol. The van der Waals surface area contributed by atoms with E-state index in [1.165, 1.54) is 18.2 Å². The van der Waals surface area contributed by atoms with Gasteiger partial charge in [-0.3, -0.25) is 9.59 Å². The number of anilines is 1. The van der Waals surface area contributed by atoms with Crippen LogP contribution in [0.25, 0.3) is 0 Å². The molecule has 6 heteroatoms. The third-order valence-corrected chi connectivity index (χ3v) is 4.74. The van der Waals surface area contributed by atoms with Gasteiger partial charge in [0.05, 0.1) is 0 Å². The summed E-state index contributed by atoms with van der Waals surface area (Å²) in [6.45, 7) is 4.71. The van der Waals surface area contributed by atoms with Crippen molar-refractivity contribution in [3.8, 4) is 0 Å². The second-order valence-electron chi connectivity index (χ2n) is 6.55. The normalized spacial score (nSPS) is 20.3. The minimum Gasteiger partial charge on any atom is -0.375 e. The molecule has 1 aromatic rings. The number of carbonyl (C=O) groups excluding carboxylic acids is 2. The number of rotatable bonds is 3. The summed E-state index contributed by atoms with van der Waals surface area (Å²) in [6, 6.07) is 6.06. The van der Waals surface area contributed by atoms with Crippen molar-refractivity contribution in [2.45, 2.75) is 25.8 Å². The summed E-state index contributed by atoms with van der Waals surface area (Å²) in [6.07, 6.45) is 1.54. The maximum Gasteiger partial charge on any atom is 0.248 e. The van der Waals surface area contributed by atoms with Crippen LogP contribution in [0.15, 0.2) is 18.2 Å². The summed E-state index contributed by atoms with van der Waals surface area (Å²) in [4.78, 5) is 28.5. The number of nitrogens with one attached hydrogen (secondary N) is 1. The summed E-state index contributed by atoms with van der Waals surface area (Å²) < 4.78 is 4.92. The molecule has 130 valence electrons. The van der Waals surface area contributed by atoms with Crippen LogP contribution in [0.4, 0.5) is 5.69 Å². The van der Waals surface area contributed by atoms with Gasteiger partial charge < -0.3 is 19.9 Å². The minimum atomic E-state index is -0.192. The quantitative estimate of drug-likeness (QED) is 0.899. The van der Waals surface area contributed by atoms with Gasteiger partial charge in [0.15, 0.2) is 0 Å². The Kier molecular flexibility index (Phi) is 5.04. The molecule has 0 radical (unpaired) electrons. The first-order valence-corrected chi connectivity index (χ1v) is 8.50. The Morgan fingerprint density at radius 1 is 1.21 bits per heavy atom. The van der Waals surface area contributed by atoms with Crippen LogP contribution in [-0.4, -0.2) is 67.6 Å². The Labute approximate surface area is 142 Å². The van der Waals surface area contributed by atoms with Gasteiger partial charge in [0, 0.05) is 45.4 Å². The largest absolute Gasteiger partial charge is 0.375 e. The molecule has 0 saturated carbocycles. The second kappa shape index (κ2) is 7.21. The molecule has 0 spiro atoms. The number of fused-ring (bicyclic) bond motifs is 1. The Morgan fingerprint density at radius 2 is 1.96 bits per heavy atom. The highest BCUT2D eigenvalue weighted by Gasteiger charge is 2.31. The molecule has 0 aliphatic carbocycles. The lowest BCUT2D eigenvalue weighted by Crippen LogP contribution is -2.44. The predicted octanol–water partition coefficient (Wildman–Crippen LogP) is 1.04. The summed E-state index contributed by atoms with van der Waals surface area (Å²) in [7, 11) is 1.52. The standard InChI is InChI=1S/C18H25N3O3/c1-13-4-5-15-14(10-13)11-16(19-15)18(23)21-7-3-6-20(8-9-21)17(22)12-24-2/h4-5,10,16,19H,3,6-9,11-12H2,1-2H3. The molecule has 1 fully saturated rings. The zero-order valence-electron chi connectivity index (χ0n) is 14.4. The second-order valence-corrected chi connectivity index (χ2v) is 6.55. The van der Waals surface area contributed by atoms with Gasteiger partial charge in [0.1, 0.15) is 12.6 Å². The molecule has 1 unspecified atom stereocenters. The van der Waals surface area contributed by atoms with Crippen molar-refractivity contribution in [1.29, 1.82) is 0 Å². The molecule has 6 nitrogen and oxygen atoms in total. The zero-order chi connectivity index (χ0) is 17.1. The smallest absolute Gasteiger partial charge is 0.248 e. The van der Waals surface area contributed by atoms with E-state index in [1.807, 2.05) is 11.0 Å². The molecule has 2 amide bonds. The van der Waals surface area contributed by atoms with Crippen LogP contribution in [0, 0.1) is 6.92 Å². The molecular formula is C18H25N3O3. The van der Waals surface area contributed by atoms with E-state index in [1.54, 1.807) is 4.90 Å². The predicted molar refractivity (Wildman–Crippen MR) is 91.9 cm³/mol. The number of hydrogen-bond acceptors (Lipinski definition) is 4. The number of amides is 2. The van der Waals surface area contributed by atoms with Crippen LogP contribution in [0.1, 0.15) is 17.5 Å². The highest BCUT2D eigenvalue weighted by atomic mass is 16.5. The van der Waals surface area contributed by atoms with Gasteiger partial charge in [0.25, 0.3) is 0 Å². The van der Waals surface area contributed by atoms with E-state index in [0.29, 0.717) is 26.2 Å². The van der Waals surface area contributed by atoms with E-state index in [9.17, 15) is 9.59 Å². The Morgan fingerprint density at radius 3 is 2.75 bits per heavy atom. The number of carbonyl (C=O) groups is 2. The number of benzene rings is 1. The fraction of sp³-hybridized carbons (Fsp3) is 0.556. The van der Waals surface area contributed by atoms with E-state index >= 15 is 0 Å². The van der Waals surface area contributed by atoms with Gasteiger partial charge in [-0.05, 0) is 25.0 Å². The molecule has 2 aliphatic heterocycles. The molecule has 1 N–H and O–H groups in total. The van der Waals surface area contributed by atoms with Gasteiger partial charge in [-0.25, -0.2) is 0 Å². The number of hydrogen-bond donors (Lipinski definition) is 1. The number of aryl methyl sites for hydroxylation is 1. The molecule has 3 rings (SSSR count). The first-order chi connectivity index (χ1) is 11.6. The van der Waals surface area contributed by atoms with Crippen molar-refractivity contribution in [2.75, 3.05) is 45.2 Å². The van der Waals surface area contributed by atoms with Crippen LogP contribution in [0.3, 0.4) is 0 Å². The third-order valence-electron chi connectivity index (χ3n) is 4.74. The fourth-order valence-electron chi connectivity index (χ4n) is 3.46. The molecule has 0 bridgehead atoms. The summed E-state index contributed by atoms with van der Waals surface area (Å²) in [5.41, 5.74) is 3.48. The highest BCUT2D eigenvalue weighted by Crippen LogP contribution is 2.27. The van der Waals surface area contributed by atoms with E-state index in [-0.39, 0.29) is 24.5 Å². The van der Waals surface area contributed by atoms with Gasteiger partial charge >= 0.3 is 0 Å². The number of ether oxygens (including phenoxy) is 1. The van der Waals surface area contributed by atoms with E-state index in [0.717, 1.165) is 18.5 Å². The van der Waals surface area contributed by atoms with Crippen LogP contribution < -0.4 is 5.32 Å². The third kappa shape index (κ3) is 3.53. The van der Waals surface area contributed by atoms with Crippen molar-refractivity contribution in [3.63, 3.8) is 0 Å². The van der Waals surface area contributed by atoms with Crippen molar-refractivity contribution < 1.29 is 14.3 Å². The average molecular weight is 331 g/mol. The molecule has 24 heavy (non-hydrogen) atoms. The van der Waals surface area contributed by atoms with E-state index in [2.05, 4.69) is 24.4 Å². The average Bonchev–Trinajstić information content (AvgIpc) is 2.82. The van der Waals surface area contributed by atoms with Gasteiger partial charge in [-0.15, -0.1) is 0 Å². The molecule has 2 heterocycles. The van der Waals surface area contributed by atoms with E-state index < -0.39 is 0 Å². The minimum absolute atomic E-state index is 0.00586. The topological polar surface area (TPSA) is 61.9 Å². The lowest BCUT2D eigenvalue weighted by Gasteiger charge is -2.24. The SMILES string of the molecule is COCC(=O)N1CCCN(C(=O)C2Cc3cc(C)ccc3N2)CC1. The Balaban J connectivity index is 1.59. The van der Waals surface area contributed by atoms with Crippen LogP contribution in [-0.2, 0) is 20.7 Å². The van der Waals surface area contributed by atoms with Crippen molar-refractivity contribution in [3.05, 3.63) is 29.3 Å². The number of methoxy groups -OCH3 is 1. The van der Waals surface area contributed by atoms with E-state index in [4.69, 9.17) is 4.74 Å². The summed E-state index contributed by atoms with van der Waals surface area (Å²) >= 11 is 0. The molecule has 2 aliphatic rings. The maximum atomic E-state index is 12.8. The number of nitrogens with zero attached hydrogens (tertiary/aromatic N) is 2. The van der Waals surface area contributed by atoms with Crippen molar-refractivity contribution in [2.24, 2.45) is 0 Å². The van der Waals surface area contributed by atoms with Crippen LogP contribution in [0.2, 0.25) is 0 Å². The first-order valence-electron chi connectivity index (χ1n) is 8.50. The molecular weight excluding hydrogens is 306 g/mol. The van der Waals surface area contributed by atoms with Gasteiger partial charge in [-0.1, -0.05) is 17.7 Å². The highest BCUT2D eigenvalue weighted by molar-refractivity contribution is 5.87.